The van der Waals surface area contributed by atoms with E-state index in [1.807, 2.05) is 0 Å². The van der Waals surface area contributed by atoms with Crippen LogP contribution in [-0.2, 0) is 14.4 Å². The van der Waals surface area contributed by atoms with E-state index in [4.69, 9.17) is 5.11 Å². The second-order valence-electron chi connectivity index (χ2n) is 4.10. The normalized spacial score (nSPS) is 13.6. The molecule has 0 aromatic rings. The van der Waals surface area contributed by atoms with Crippen molar-refractivity contribution < 1.29 is 19.5 Å². The van der Waals surface area contributed by atoms with Gasteiger partial charge in [0.05, 0.1) is 5.92 Å². The lowest BCUT2D eigenvalue weighted by atomic mass is 9.95. The van der Waals surface area contributed by atoms with Crippen LogP contribution in [0.15, 0.2) is 0 Å². The third kappa shape index (κ3) is 4.84. The van der Waals surface area contributed by atoms with Crippen LogP contribution in [0.3, 0.4) is 0 Å². The summed E-state index contributed by atoms with van der Waals surface area (Å²) in [6, 6.07) is 0. The zero-order valence-corrected chi connectivity index (χ0v) is 10.7. The summed E-state index contributed by atoms with van der Waals surface area (Å²) in [6.45, 7) is 3.37. The predicted molar refractivity (Wildman–Crippen MR) is 62.3 cm³/mol. The molecule has 0 aliphatic carbocycles. The molecule has 2 unspecified atom stereocenters. The first kappa shape index (κ1) is 15.4. The Morgan fingerprint density at radius 1 is 1.24 bits per heavy atom. The Morgan fingerprint density at radius 2 is 1.76 bits per heavy atom. The van der Waals surface area contributed by atoms with E-state index in [-0.39, 0.29) is 24.8 Å². The summed E-state index contributed by atoms with van der Waals surface area (Å²) in [7, 11) is 3.09. The molecule has 0 aromatic heterocycles. The lowest BCUT2D eigenvalue weighted by Crippen LogP contribution is -2.38. The minimum atomic E-state index is -0.995. The molecule has 0 fully saturated rings. The van der Waals surface area contributed by atoms with E-state index < -0.39 is 17.8 Å². The molecule has 98 valence electrons. The average Bonchev–Trinajstić information content (AvgIpc) is 2.32. The highest BCUT2D eigenvalue weighted by molar-refractivity contribution is 5.84. The van der Waals surface area contributed by atoms with Crippen molar-refractivity contribution in [1.29, 1.82) is 0 Å². The van der Waals surface area contributed by atoms with Gasteiger partial charge in [0.2, 0.25) is 11.8 Å². The van der Waals surface area contributed by atoms with Crippen molar-refractivity contribution in [3.05, 3.63) is 0 Å². The van der Waals surface area contributed by atoms with Gasteiger partial charge in [0.25, 0.3) is 0 Å². The second-order valence-corrected chi connectivity index (χ2v) is 4.10. The maximum absolute atomic E-state index is 11.8. The molecule has 0 bridgehead atoms. The zero-order valence-electron chi connectivity index (χ0n) is 10.7. The number of carbonyl (C=O) groups is 3. The number of carbonyl (C=O) groups excluding carboxylic acids is 2. The molecular weight excluding hydrogens is 224 g/mol. The highest BCUT2D eigenvalue weighted by atomic mass is 16.4. The van der Waals surface area contributed by atoms with Crippen molar-refractivity contribution in [2.75, 3.05) is 20.6 Å². The van der Waals surface area contributed by atoms with Crippen molar-refractivity contribution in [2.45, 2.75) is 20.3 Å². The van der Waals surface area contributed by atoms with Gasteiger partial charge >= 0.3 is 5.97 Å². The summed E-state index contributed by atoms with van der Waals surface area (Å²) in [5.74, 6) is -2.73. The van der Waals surface area contributed by atoms with E-state index in [0.717, 1.165) is 0 Å². The molecule has 0 radical (unpaired) electrons. The maximum Gasteiger partial charge on any atom is 0.307 e. The minimum Gasteiger partial charge on any atom is -0.481 e. The molecule has 6 nitrogen and oxygen atoms in total. The van der Waals surface area contributed by atoms with E-state index in [1.54, 1.807) is 14.0 Å². The van der Waals surface area contributed by atoms with E-state index in [1.165, 1.54) is 18.9 Å². The molecule has 0 heterocycles. The standard InChI is InChI=1S/C11H20N2O4/c1-7(8(2)11(16)17)10(15)13(4)6-5-9(14)12-3/h7-8H,5-6H2,1-4H3,(H,12,14)(H,16,17). The quantitative estimate of drug-likeness (QED) is 0.685. The number of rotatable bonds is 6. The fraction of sp³-hybridized carbons (Fsp3) is 0.727. The van der Waals surface area contributed by atoms with Crippen molar-refractivity contribution in [3.63, 3.8) is 0 Å². The minimum absolute atomic E-state index is 0.149. The van der Waals surface area contributed by atoms with E-state index in [0.29, 0.717) is 0 Å². The molecule has 0 aromatic carbocycles. The summed E-state index contributed by atoms with van der Waals surface area (Å²) in [5, 5.41) is 11.3. The summed E-state index contributed by atoms with van der Waals surface area (Å²) in [6.07, 6.45) is 0.215. The molecule has 0 aliphatic rings. The number of amides is 2. The molecule has 2 atom stereocenters. The Balaban J connectivity index is 4.30. The average molecular weight is 244 g/mol. The lowest BCUT2D eigenvalue weighted by molar-refractivity contribution is -0.148. The maximum atomic E-state index is 11.8. The Morgan fingerprint density at radius 3 is 2.18 bits per heavy atom. The molecule has 0 saturated carbocycles. The number of carboxylic acid groups (broad SMARTS) is 1. The molecule has 0 rings (SSSR count). The number of hydrogen-bond donors (Lipinski definition) is 2. The van der Waals surface area contributed by atoms with Gasteiger partial charge in [0.15, 0.2) is 0 Å². The van der Waals surface area contributed by atoms with Gasteiger partial charge in [-0.1, -0.05) is 13.8 Å². The molecule has 0 aliphatic heterocycles. The van der Waals surface area contributed by atoms with Crippen molar-refractivity contribution in [3.8, 4) is 0 Å². The highest BCUT2D eigenvalue weighted by Crippen LogP contribution is 2.13. The van der Waals surface area contributed by atoms with Crippen LogP contribution >= 0.6 is 0 Å². The largest absolute Gasteiger partial charge is 0.481 e. The van der Waals surface area contributed by atoms with Crippen LogP contribution in [0.1, 0.15) is 20.3 Å². The first-order valence-corrected chi connectivity index (χ1v) is 5.49. The second kappa shape index (κ2) is 6.88. The van der Waals surface area contributed by atoms with Crippen molar-refractivity contribution in [2.24, 2.45) is 11.8 Å². The van der Waals surface area contributed by atoms with Gasteiger partial charge in [0.1, 0.15) is 0 Å². The van der Waals surface area contributed by atoms with Gasteiger partial charge in [0, 0.05) is 33.0 Å². The summed E-state index contributed by atoms with van der Waals surface area (Å²) < 4.78 is 0. The first-order chi connectivity index (χ1) is 7.81. The van der Waals surface area contributed by atoms with Gasteiger partial charge < -0.3 is 15.3 Å². The molecule has 17 heavy (non-hydrogen) atoms. The summed E-state index contributed by atoms with van der Waals surface area (Å²) in [5.41, 5.74) is 0. The lowest BCUT2D eigenvalue weighted by Gasteiger charge is -2.23. The molecule has 2 amide bonds. The molecule has 6 heteroatoms. The number of nitrogens with zero attached hydrogens (tertiary/aromatic N) is 1. The molecular formula is C11H20N2O4. The SMILES string of the molecule is CNC(=O)CCN(C)C(=O)C(C)C(C)C(=O)O. The van der Waals surface area contributed by atoms with E-state index in [9.17, 15) is 14.4 Å². The van der Waals surface area contributed by atoms with Crippen LogP contribution in [0, 0.1) is 11.8 Å². The van der Waals surface area contributed by atoms with Gasteiger partial charge in [-0.15, -0.1) is 0 Å². The monoisotopic (exact) mass is 244 g/mol. The molecule has 2 N–H and O–H groups in total. The van der Waals surface area contributed by atoms with Crippen LogP contribution in [-0.4, -0.2) is 48.4 Å². The van der Waals surface area contributed by atoms with Crippen LogP contribution in [0.5, 0.6) is 0 Å². The van der Waals surface area contributed by atoms with Crippen LogP contribution in [0.2, 0.25) is 0 Å². The smallest absolute Gasteiger partial charge is 0.307 e. The van der Waals surface area contributed by atoms with Crippen molar-refractivity contribution >= 4 is 17.8 Å². The number of carboxylic acids is 1. The zero-order chi connectivity index (χ0) is 13.6. The third-order valence-electron chi connectivity index (χ3n) is 2.86. The van der Waals surface area contributed by atoms with E-state index in [2.05, 4.69) is 5.32 Å². The Hall–Kier alpha value is -1.59. The summed E-state index contributed by atoms with van der Waals surface area (Å²) in [4.78, 5) is 35.0. The topological polar surface area (TPSA) is 86.7 Å². The predicted octanol–water partition coefficient (Wildman–Crippen LogP) is -0.0623. The van der Waals surface area contributed by atoms with Crippen LogP contribution in [0.4, 0.5) is 0 Å². The van der Waals surface area contributed by atoms with Gasteiger partial charge in [-0.2, -0.15) is 0 Å². The fourth-order valence-corrected chi connectivity index (χ4v) is 1.28. The van der Waals surface area contributed by atoms with Gasteiger partial charge in [-0.05, 0) is 0 Å². The number of hydrogen-bond acceptors (Lipinski definition) is 3. The van der Waals surface area contributed by atoms with Gasteiger partial charge in [-0.25, -0.2) is 0 Å². The van der Waals surface area contributed by atoms with Gasteiger partial charge in [-0.3, -0.25) is 14.4 Å². The summed E-state index contributed by atoms with van der Waals surface area (Å²) >= 11 is 0. The Labute approximate surface area is 101 Å². The van der Waals surface area contributed by atoms with E-state index >= 15 is 0 Å². The van der Waals surface area contributed by atoms with Crippen molar-refractivity contribution in [1.82, 2.24) is 10.2 Å². The number of nitrogens with one attached hydrogen (secondary N) is 1. The number of aliphatic carboxylic acids is 1. The Kier molecular flexibility index (Phi) is 6.23. The third-order valence-corrected chi connectivity index (χ3v) is 2.86. The highest BCUT2D eigenvalue weighted by Gasteiger charge is 2.27. The van der Waals surface area contributed by atoms with Crippen LogP contribution in [0.25, 0.3) is 0 Å². The Bertz CT molecular complexity index is 304. The van der Waals surface area contributed by atoms with Crippen LogP contribution < -0.4 is 5.32 Å². The fourth-order valence-electron chi connectivity index (χ4n) is 1.28. The first-order valence-electron chi connectivity index (χ1n) is 5.49. The molecule has 0 saturated heterocycles. The molecule has 0 spiro atoms.